The van der Waals surface area contributed by atoms with Gasteiger partial charge < -0.3 is 15.4 Å². The Hall–Kier alpha value is -2.92. The summed E-state index contributed by atoms with van der Waals surface area (Å²) in [5, 5.41) is 8.75. The third-order valence-electron chi connectivity index (χ3n) is 5.46. The first-order valence-corrected chi connectivity index (χ1v) is 10.3. The molecule has 4 rings (SSSR count). The van der Waals surface area contributed by atoms with Gasteiger partial charge in [0.05, 0.1) is 6.10 Å². The van der Waals surface area contributed by atoms with Crippen molar-refractivity contribution in [1.29, 1.82) is 0 Å². The number of benzene rings is 2. The van der Waals surface area contributed by atoms with E-state index in [4.69, 9.17) is 4.74 Å². The van der Waals surface area contributed by atoms with Crippen LogP contribution in [0.3, 0.4) is 0 Å². The zero-order valence-electron chi connectivity index (χ0n) is 16.7. The Morgan fingerprint density at radius 2 is 1.83 bits per heavy atom. The fraction of sp³-hybridized carbons (Fsp3) is 0.333. The van der Waals surface area contributed by atoms with E-state index in [9.17, 15) is 4.79 Å². The van der Waals surface area contributed by atoms with Crippen LogP contribution < -0.4 is 15.4 Å². The molecule has 0 atom stereocenters. The fourth-order valence-electron chi connectivity index (χ4n) is 3.88. The largest absolute Gasteiger partial charge is 0.490 e. The molecule has 5 nitrogen and oxygen atoms in total. The molecule has 1 aliphatic rings. The second-order valence-corrected chi connectivity index (χ2v) is 7.74. The number of aromatic nitrogens is 1. The third kappa shape index (κ3) is 5.33. The second kappa shape index (κ2) is 9.05. The lowest BCUT2D eigenvalue weighted by atomic mass is 9.92. The van der Waals surface area contributed by atoms with Gasteiger partial charge in [0.15, 0.2) is 0 Å². The molecular formula is C24H27N3O2. The van der Waals surface area contributed by atoms with Gasteiger partial charge in [0, 0.05) is 43.0 Å². The van der Waals surface area contributed by atoms with Crippen LogP contribution in [0.25, 0.3) is 10.8 Å². The summed E-state index contributed by atoms with van der Waals surface area (Å²) in [6.45, 7) is 2.36. The molecule has 150 valence electrons. The van der Waals surface area contributed by atoms with Crippen LogP contribution in [0.15, 0.2) is 60.9 Å². The molecule has 0 spiro atoms. The highest BCUT2D eigenvalue weighted by molar-refractivity contribution is 5.88. The first kappa shape index (κ1) is 19.4. The molecule has 2 N–H and O–H groups in total. The number of hydrogen-bond acceptors (Lipinski definition) is 4. The molecule has 1 fully saturated rings. The summed E-state index contributed by atoms with van der Waals surface area (Å²) in [6.07, 6.45) is 8.34. The number of carbonyl (C=O) groups excluding carboxylic acids is 1. The predicted octanol–water partition coefficient (Wildman–Crippen LogP) is 4.67. The topological polar surface area (TPSA) is 63.2 Å². The van der Waals surface area contributed by atoms with Gasteiger partial charge in [0.25, 0.3) is 0 Å². The van der Waals surface area contributed by atoms with Crippen molar-refractivity contribution in [3.8, 4) is 5.75 Å². The number of rotatable bonds is 6. The van der Waals surface area contributed by atoms with Crippen LogP contribution >= 0.6 is 0 Å². The van der Waals surface area contributed by atoms with E-state index in [0.717, 1.165) is 54.4 Å². The highest BCUT2D eigenvalue weighted by Crippen LogP contribution is 2.26. The van der Waals surface area contributed by atoms with Gasteiger partial charge in [0.2, 0.25) is 5.91 Å². The lowest BCUT2D eigenvalue weighted by Crippen LogP contribution is -2.35. The van der Waals surface area contributed by atoms with E-state index in [1.165, 1.54) is 12.5 Å². The van der Waals surface area contributed by atoms with Crippen LogP contribution in [0.2, 0.25) is 0 Å². The van der Waals surface area contributed by atoms with E-state index in [-0.39, 0.29) is 12.0 Å². The first-order valence-electron chi connectivity index (χ1n) is 10.3. The smallest absolute Gasteiger partial charge is 0.221 e. The molecule has 3 aromatic rings. The van der Waals surface area contributed by atoms with E-state index < -0.39 is 0 Å². The molecule has 1 heterocycles. The normalized spacial score (nSPS) is 19.1. The quantitative estimate of drug-likeness (QED) is 0.643. The second-order valence-electron chi connectivity index (χ2n) is 7.74. The molecule has 0 unspecified atom stereocenters. The summed E-state index contributed by atoms with van der Waals surface area (Å²) in [6, 6.07) is 16.8. The van der Waals surface area contributed by atoms with E-state index in [0.29, 0.717) is 6.04 Å². The van der Waals surface area contributed by atoms with Gasteiger partial charge in [-0.15, -0.1) is 0 Å². The van der Waals surface area contributed by atoms with Crippen LogP contribution in [-0.2, 0) is 11.3 Å². The van der Waals surface area contributed by atoms with Gasteiger partial charge in [-0.3, -0.25) is 9.78 Å². The van der Waals surface area contributed by atoms with E-state index in [1.807, 2.05) is 36.7 Å². The molecule has 1 aromatic heterocycles. The summed E-state index contributed by atoms with van der Waals surface area (Å²) in [5.41, 5.74) is 2.06. The van der Waals surface area contributed by atoms with Gasteiger partial charge in [-0.25, -0.2) is 0 Å². The van der Waals surface area contributed by atoms with Crippen LogP contribution in [0.5, 0.6) is 5.75 Å². The molecule has 1 amide bonds. The average Bonchev–Trinajstić information content (AvgIpc) is 2.74. The third-order valence-corrected chi connectivity index (χ3v) is 5.46. The van der Waals surface area contributed by atoms with Crippen molar-refractivity contribution < 1.29 is 9.53 Å². The summed E-state index contributed by atoms with van der Waals surface area (Å²) in [4.78, 5) is 15.3. The summed E-state index contributed by atoms with van der Waals surface area (Å²) in [5.74, 6) is 0.898. The standard InChI is InChI=1S/C24H27N3O2/c1-17(28)27-22-5-2-18(3-6-22)15-26-21-7-10-23(11-8-21)29-24-9-4-20-16-25-13-12-19(20)14-24/h2-6,9,12-14,16,21,23,26H,7-8,10-11,15H2,1H3,(H,27,28). The molecule has 1 aliphatic carbocycles. The van der Waals surface area contributed by atoms with Crippen molar-refractivity contribution in [2.45, 2.75) is 51.3 Å². The summed E-state index contributed by atoms with van der Waals surface area (Å²) in [7, 11) is 0. The number of carbonyl (C=O) groups is 1. The van der Waals surface area contributed by atoms with Gasteiger partial charge in [-0.2, -0.15) is 0 Å². The number of ether oxygens (including phenoxy) is 1. The Morgan fingerprint density at radius 1 is 1.03 bits per heavy atom. The van der Waals surface area contributed by atoms with Crippen LogP contribution in [0, 0.1) is 0 Å². The Labute approximate surface area is 171 Å². The summed E-state index contributed by atoms with van der Waals surface area (Å²) < 4.78 is 6.24. The molecule has 29 heavy (non-hydrogen) atoms. The van der Waals surface area contributed by atoms with E-state index >= 15 is 0 Å². The van der Waals surface area contributed by atoms with E-state index in [2.05, 4.69) is 39.9 Å². The number of hydrogen-bond donors (Lipinski definition) is 2. The number of pyridine rings is 1. The molecule has 0 radical (unpaired) electrons. The first-order chi connectivity index (χ1) is 14.2. The van der Waals surface area contributed by atoms with Crippen molar-refractivity contribution in [2.75, 3.05) is 5.32 Å². The maximum atomic E-state index is 11.1. The summed E-state index contributed by atoms with van der Waals surface area (Å²) >= 11 is 0. The molecule has 0 aliphatic heterocycles. The Bertz CT molecular complexity index is 963. The Morgan fingerprint density at radius 3 is 2.59 bits per heavy atom. The SMILES string of the molecule is CC(=O)Nc1ccc(CNC2CCC(Oc3ccc4cnccc4c3)CC2)cc1. The van der Waals surface area contributed by atoms with Crippen LogP contribution in [0.4, 0.5) is 5.69 Å². The maximum absolute atomic E-state index is 11.1. The molecule has 5 heteroatoms. The van der Waals surface area contributed by atoms with Crippen molar-refractivity contribution >= 4 is 22.4 Å². The maximum Gasteiger partial charge on any atom is 0.221 e. The zero-order valence-corrected chi connectivity index (χ0v) is 16.7. The zero-order chi connectivity index (χ0) is 20.1. The van der Waals surface area contributed by atoms with Crippen molar-refractivity contribution in [3.05, 3.63) is 66.5 Å². The van der Waals surface area contributed by atoms with Gasteiger partial charge in [0.1, 0.15) is 5.75 Å². The van der Waals surface area contributed by atoms with Gasteiger partial charge in [-0.1, -0.05) is 12.1 Å². The molecule has 1 saturated carbocycles. The van der Waals surface area contributed by atoms with E-state index in [1.54, 1.807) is 0 Å². The fourth-order valence-corrected chi connectivity index (χ4v) is 3.88. The molecule has 0 saturated heterocycles. The van der Waals surface area contributed by atoms with Crippen molar-refractivity contribution in [2.24, 2.45) is 0 Å². The van der Waals surface area contributed by atoms with Gasteiger partial charge >= 0.3 is 0 Å². The Kier molecular flexibility index (Phi) is 6.06. The number of anilines is 1. The number of fused-ring (bicyclic) bond motifs is 1. The number of nitrogens with one attached hydrogen (secondary N) is 2. The molecule has 0 bridgehead atoms. The lowest BCUT2D eigenvalue weighted by Gasteiger charge is -2.29. The van der Waals surface area contributed by atoms with Crippen LogP contribution in [0.1, 0.15) is 38.2 Å². The van der Waals surface area contributed by atoms with Crippen LogP contribution in [-0.4, -0.2) is 23.0 Å². The Balaban J connectivity index is 1.23. The van der Waals surface area contributed by atoms with Gasteiger partial charge in [-0.05, 0) is 73.0 Å². The highest BCUT2D eigenvalue weighted by Gasteiger charge is 2.22. The minimum absolute atomic E-state index is 0.0458. The monoisotopic (exact) mass is 389 g/mol. The molecular weight excluding hydrogens is 362 g/mol. The van der Waals surface area contributed by atoms with Crippen molar-refractivity contribution in [3.63, 3.8) is 0 Å². The lowest BCUT2D eigenvalue weighted by molar-refractivity contribution is -0.114. The predicted molar refractivity (Wildman–Crippen MR) is 116 cm³/mol. The highest BCUT2D eigenvalue weighted by atomic mass is 16.5. The minimum Gasteiger partial charge on any atom is -0.490 e. The van der Waals surface area contributed by atoms with Crippen molar-refractivity contribution in [1.82, 2.24) is 10.3 Å². The number of amides is 1. The average molecular weight is 389 g/mol. The molecule has 2 aromatic carbocycles. The number of nitrogens with zero attached hydrogens (tertiary/aromatic N) is 1. The minimum atomic E-state index is -0.0458.